The molecule has 0 spiro atoms. The number of aryl methyl sites for hydroxylation is 1. The lowest BCUT2D eigenvalue weighted by Gasteiger charge is -2.18. The maximum Gasteiger partial charge on any atom is 0.272 e. The molecule has 1 amide bonds. The van der Waals surface area contributed by atoms with Crippen LogP contribution in [0, 0.1) is 6.92 Å². The summed E-state index contributed by atoms with van der Waals surface area (Å²) in [5.41, 5.74) is 3.41. The maximum atomic E-state index is 13.0. The lowest BCUT2D eigenvalue weighted by Crippen LogP contribution is -2.26. The summed E-state index contributed by atoms with van der Waals surface area (Å²) in [6.07, 6.45) is 0. The van der Waals surface area contributed by atoms with Gasteiger partial charge in [0.25, 0.3) is 15.9 Å². The normalized spacial score (nSPS) is 12.2. The molecule has 0 fully saturated rings. The number of hydrogen-bond acceptors (Lipinski definition) is 9. The fourth-order valence-electron chi connectivity index (χ4n) is 3.20. The third-order valence-corrected chi connectivity index (χ3v) is 8.39. The number of carbonyl (C=O) groups excluding carboxylic acids is 1. The van der Waals surface area contributed by atoms with Gasteiger partial charge in [-0.15, -0.1) is 10.2 Å². The minimum absolute atomic E-state index is 0.0199. The number of rotatable bonds is 7. The van der Waals surface area contributed by atoms with Crippen molar-refractivity contribution in [2.24, 2.45) is 0 Å². The zero-order valence-electron chi connectivity index (χ0n) is 20.5. The average Bonchev–Trinajstić information content (AvgIpc) is 3.49. The van der Waals surface area contributed by atoms with Crippen LogP contribution in [0.4, 0.5) is 5.13 Å². The van der Waals surface area contributed by atoms with E-state index in [4.69, 9.17) is 4.52 Å². The molecule has 0 radical (unpaired) electrons. The van der Waals surface area contributed by atoms with Crippen LogP contribution in [-0.4, -0.2) is 46.0 Å². The highest BCUT2D eigenvalue weighted by Crippen LogP contribution is 2.26. The van der Waals surface area contributed by atoms with E-state index < -0.39 is 15.9 Å². The van der Waals surface area contributed by atoms with Crippen LogP contribution in [0.3, 0.4) is 0 Å². The predicted molar refractivity (Wildman–Crippen MR) is 136 cm³/mol. The van der Waals surface area contributed by atoms with Crippen molar-refractivity contribution < 1.29 is 17.7 Å². The highest BCUT2D eigenvalue weighted by molar-refractivity contribution is 7.91. The van der Waals surface area contributed by atoms with Gasteiger partial charge in [-0.1, -0.05) is 79.2 Å². The van der Waals surface area contributed by atoms with Crippen molar-refractivity contribution in [3.05, 3.63) is 71.1 Å². The molecule has 2 aromatic heterocycles. The predicted octanol–water partition coefficient (Wildman–Crippen LogP) is 4.27. The number of nitrogens with zero attached hydrogens (tertiary/aromatic N) is 5. The van der Waals surface area contributed by atoms with Gasteiger partial charge in [-0.05, 0) is 30.0 Å². The second kappa shape index (κ2) is 9.88. The topological polar surface area (TPSA) is 131 Å². The quantitative estimate of drug-likeness (QED) is 0.353. The smallest absolute Gasteiger partial charge is 0.272 e. The van der Waals surface area contributed by atoms with Gasteiger partial charge < -0.3 is 4.52 Å². The Hall–Kier alpha value is -3.48. The molecule has 0 unspecified atom stereocenters. The molecule has 12 heteroatoms. The Morgan fingerprint density at radius 2 is 1.72 bits per heavy atom. The Bertz CT molecular complexity index is 1470. The zero-order valence-corrected chi connectivity index (χ0v) is 22.1. The van der Waals surface area contributed by atoms with Gasteiger partial charge in [0.2, 0.25) is 21.2 Å². The van der Waals surface area contributed by atoms with E-state index in [0.29, 0.717) is 11.4 Å². The van der Waals surface area contributed by atoms with E-state index in [1.807, 2.05) is 43.3 Å². The van der Waals surface area contributed by atoms with Gasteiger partial charge in [0, 0.05) is 18.2 Å². The van der Waals surface area contributed by atoms with E-state index in [1.54, 1.807) is 12.1 Å². The van der Waals surface area contributed by atoms with E-state index in [-0.39, 0.29) is 27.3 Å². The minimum atomic E-state index is -4.00. The molecule has 0 saturated carbocycles. The molecule has 36 heavy (non-hydrogen) atoms. The first-order valence-corrected chi connectivity index (χ1v) is 13.3. The third kappa shape index (κ3) is 5.66. The fourth-order valence-corrected chi connectivity index (χ4v) is 5.41. The average molecular weight is 527 g/mol. The molecule has 0 aliphatic heterocycles. The molecule has 4 aromatic rings. The maximum absolute atomic E-state index is 13.0. The molecule has 0 saturated heterocycles. The number of hydrogen-bond donors (Lipinski definition) is 1. The second-order valence-electron chi connectivity index (χ2n) is 9.29. The molecule has 2 heterocycles. The molecule has 0 bridgehead atoms. The number of nitrogens with one attached hydrogen (secondary N) is 1. The molecule has 2 aromatic carbocycles. The van der Waals surface area contributed by atoms with Gasteiger partial charge in [0.05, 0.1) is 6.54 Å². The lowest BCUT2D eigenvalue weighted by molar-refractivity contribution is 0.102. The Labute approximate surface area is 213 Å². The van der Waals surface area contributed by atoms with Gasteiger partial charge >= 0.3 is 0 Å². The second-order valence-corrected chi connectivity index (χ2v) is 12.5. The summed E-state index contributed by atoms with van der Waals surface area (Å²) in [4.78, 5) is 16.7. The van der Waals surface area contributed by atoms with Crippen molar-refractivity contribution in [2.45, 2.75) is 44.0 Å². The van der Waals surface area contributed by atoms with Crippen molar-refractivity contribution >= 4 is 32.4 Å². The Balaban J connectivity index is 1.43. The van der Waals surface area contributed by atoms with Crippen LogP contribution in [0.5, 0.6) is 0 Å². The van der Waals surface area contributed by atoms with E-state index >= 15 is 0 Å². The highest BCUT2D eigenvalue weighted by Gasteiger charge is 2.28. The summed E-state index contributed by atoms with van der Waals surface area (Å²) < 4.78 is 32.0. The van der Waals surface area contributed by atoms with Gasteiger partial charge in [0.15, 0.2) is 0 Å². The number of benzene rings is 2. The number of sulfonamides is 1. The minimum Gasteiger partial charge on any atom is -0.338 e. The molecule has 10 nitrogen and oxygen atoms in total. The van der Waals surface area contributed by atoms with Gasteiger partial charge in [-0.3, -0.25) is 10.1 Å². The van der Waals surface area contributed by atoms with E-state index in [2.05, 4.69) is 46.4 Å². The summed E-state index contributed by atoms with van der Waals surface area (Å²) in [6, 6.07) is 14.8. The van der Waals surface area contributed by atoms with Crippen molar-refractivity contribution in [1.82, 2.24) is 24.6 Å². The molecule has 4 rings (SSSR count). The number of amides is 1. The standard InChI is InChI=1S/C24H26N6O4S2/c1-15-6-8-17(9-7-15)21(31)26-22-27-28-23(35-22)36(32,33)30(5)14-19-25-20(29-34-19)16-10-12-18(13-11-16)24(2,3)4/h6-13H,14H2,1-5H3,(H,26,27,31). The Morgan fingerprint density at radius 1 is 1.06 bits per heavy atom. The summed E-state index contributed by atoms with van der Waals surface area (Å²) in [5, 5.41) is 14.2. The Morgan fingerprint density at radius 3 is 2.36 bits per heavy atom. The molecule has 0 atom stereocenters. The van der Waals surface area contributed by atoms with Gasteiger partial charge in [0.1, 0.15) is 0 Å². The first-order chi connectivity index (χ1) is 16.9. The van der Waals surface area contributed by atoms with E-state index in [0.717, 1.165) is 26.8 Å². The summed E-state index contributed by atoms with van der Waals surface area (Å²) in [5.74, 6) is 0.0963. The SMILES string of the molecule is Cc1ccc(C(=O)Nc2nnc(S(=O)(=O)N(C)Cc3nc(-c4ccc(C(C)(C)C)cc4)no3)s2)cc1. The van der Waals surface area contributed by atoms with E-state index in [9.17, 15) is 13.2 Å². The zero-order chi connectivity index (χ0) is 26.1. The van der Waals surface area contributed by atoms with Crippen LogP contribution in [0.25, 0.3) is 11.4 Å². The van der Waals surface area contributed by atoms with Gasteiger partial charge in [-0.25, -0.2) is 8.42 Å². The summed E-state index contributed by atoms with van der Waals surface area (Å²) in [6.45, 7) is 8.15. The van der Waals surface area contributed by atoms with Crippen LogP contribution < -0.4 is 5.32 Å². The van der Waals surface area contributed by atoms with Crippen molar-refractivity contribution in [3.63, 3.8) is 0 Å². The first-order valence-electron chi connectivity index (χ1n) is 11.0. The molecule has 188 valence electrons. The van der Waals surface area contributed by atoms with Crippen LogP contribution in [0.15, 0.2) is 57.4 Å². The highest BCUT2D eigenvalue weighted by atomic mass is 32.2. The summed E-state index contributed by atoms with van der Waals surface area (Å²) >= 11 is 0.760. The molecule has 0 aliphatic carbocycles. The van der Waals surface area contributed by atoms with Crippen LogP contribution >= 0.6 is 11.3 Å². The number of aromatic nitrogens is 4. The van der Waals surface area contributed by atoms with Gasteiger partial charge in [-0.2, -0.15) is 9.29 Å². The molecular weight excluding hydrogens is 500 g/mol. The number of carbonyl (C=O) groups is 1. The van der Waals surface area contributed by atoms with Crippen LogP contribution in [0.2, 0.25) is 0 Å². The third-order valence-electron chi connectivity index (χ3n) is 5.41. The van der Waals surface area contributed by atoms with Crippen molar-refractivity contribution in [2.75, 3.05) is 12.4 Å². The largest absolute Gasteiger partial charge is 0.338 e. The van der Waals surface area contributed by atoms with E-state index in [1.165, 1.54) is 12.6 Å². The monoisotopic (exact) mass is 526 g/mol. The molecule has 1 N–H and O–H groups in total. The lowest BCUT2D eigenvalue weighted by atomic mass is 9.87. The fraction of sp³-hybridized carbons (Fsp3) is 0.292. The Kier molecular flexibility index (Phi) is 7.03. The first kappa shape index (κ1) is 25.6. The molecular formula is C24H26N6O4S2. The van der Waals surface area contributed by atoms with Crippen molar-refractivity contribution in [1.29, 1.82) is 0 Å². The summed E-state index contributed by atoms with van der Waals surface area (Å²) in [7, 11) is -2.62. The van der Waals surface area contributed by atoms with Crippen LogP contribution in [0.1, 0.15) is 48.1 Å². The van der Waals surface area contributed by atoms with Crippen LogP contribution in [-0.2, 0) is 22.0 Å². The van der Waals surface area contributed by atoms with Crippen molar-refractivity contribution in [3.8, 4) is 11.4 Å². The number of anilines is 1. The molecule has 0 aliphatic rings.